The predicted octanol–water partition coefficient (Wildman–Crippen LogP) is 4.26. The highest BCUT2D eigenvalue weighted by Gasteiger charge is 2.23. The van der Waals surface area contributed by atoms with Crippen molar-refractivity contribution in [3.63, 3.8) is 0 Å². The van der Waals surface area contributed by atoms with E-state index in [1.165, 1.54) is 18.2 Å². The number of amides is 1. The summed E-state index contributed by atoms with van der Waals surface area (Å²) < 4.78 is 15.8. The highest BCUT2D eigenvalue weighted by Crippen LogP contribution is 2.39. The van der Waals surface area contributed by atoms with Gasteiger partial charge in [-0.1, -0.05) is 29.3 Å². The zero-order valence-corrected chi connectivity index (χ0v) is 17.4. The molecule has 162 valence electrons. The van der Waals surface area contributed by atoms with Crippen LogP contribution in [-0.2, 0) is 14.3 Å². The molecule has 0 saturated carbocycles. The number of rotatable bonds is 6. The molecule has 0 spiro atoms. The molecule has 0 bridgehead atoms. The minimum atomic E-state index is -0.783. The number of fused-ring (bicyclic) bond motifs is 1. The second-order valence-electron chi connectivity index (χ2n) is 6.29. The van der Waals surface area contributed by atoms with E-state index in [0.717, 1.165) is 6.08 Å². The number of carbonyl (C=O) groups excluding carboxylic acids is 2. The Morgan fingerprint density at radius 1 is 1.13 bits per heavy atom. The first-order valence-electron chi connectivity index (χ1n) is 9.01. The standard InChI is InChI=1S/C20H16Cl2N2O7/c21-13-4-2-12(8-14(13)22)3-5-20(26)31-11-19(25)23-15-9-17-18(10-16(15)24(27)28)30-7-1-6-29-17/h2-5,8-10H,1,6-7,11H2,(H,23,25)/b5-3+. The molecule has 1 amide bonds. The quantitative estimate of drug-likeness (QED) is 0.292. The van der Waals surface area contributed by atoms with E-state index in [9.17, 15) is 19.7 Å². The molecule has 31 heavy (non-hydrogen) atoms. The third kappa shape index (κ3) is 6.09. The lowest BCUT2D eigenvalue weighted by Crippen LogP contribution is -2.20. The summed E-state index contributed by atoms with van der Waals surface area (Å²) in [4.78, 5) is 34.7. The molecule has 9 nitrogen and oxygen atoms in total. The van der Waals surface area contributed by atoms with Gasteiger partial charge in [0.1, 0.15) is 5.69 Å². The Morgan fingerprint density at radius 2 is 1.84 bits per heavy atom. The number of nitro benzene ring substituents is 1. The average Bonchev–Trinajstić information content (AvgIpc) is 2.97. The first kappa shape index (κ1) is 22.4. The number of ether oxygens (including phenoxy) is 3. The van der Waals surface area contributed by atoms with Crippen LogP contribution in [0.2, 0.25) is 10.0 Å². The van der Waals surface area contributed by atoms with E-state index >= 15 is 0 Å². The second kappa shape index (κ2) is 10.1. The van der Waals surface area contributed by atoms with Crippen LogP contribution in [0.3, 0.4) is 0 Å². The van der Waals surface area contributed by atoms with Gasteiger partial charge in [0.2, 0.25) is 0 Å². The van der Waals surface area contributed by atoms with E-state index in [1.54, 1.807) is 18.2 Å². The van der Waals surface area contributed by atoms with E-state index in [2.05, 4.69) is 5.32 Å². The molecule has 2 aromatic rings. The molecule has 1 heterocycles. The lowest BCUT2D eigenvalue weighted by Gasteiger charge is -2.11. The Morgan fingerprint density at radius 3 is 2.52 bits per heavy atom. The van der Waals surface area contributed by atoms with Crippen molar-refractivity contribution in [1.82, 2.24) is 0 Å². The molecule has 11 heteroatoms. The number of nitrogens with one attached hydrogen (secondary N) is 1. The number of hydrogen-bond donors (Lipinski definition) is 1. The van der Waals surface area contributed by atoms with Crippen molar-refractivity contribution >= 4 is 52.5 Å². The summed E-state index contributed by atoms with van der Waals surface area (Å²) in [6, 6.07) is 7.27. The maximum atomic E-state index is 12.1. The maximum Gasteiger partial charge on any atom is 0.331 e. The number of nitrogens with zero attached hydrogens (tertiary/aromatic N) is 1. The Kier molecular flexibility index (Phi) is 7.32. The van der Waals surface area contributed by atoms with Crippen LogP contribution < -0.4 is 14.8 Å². The number of anilines is 1. The number of halogens is 2. The largest absolute Gasteiger partial charge is 0.489 e. The highest BCUT2D eigenvalue weighted by molar-refractivity contribution is 6.42. The van der Waals surface area contributed by atoms with Crippen LogP contribution in [0.1, 0.15) is 12.0 Å². The molecular formula is C20H16Cl2N2O7. The van der Waals surface area contributed by atoms with Gasteiger partial charge in [-0.15, -0.1) is 0 Å². The third-order valence-corrected chi connectivity index (χ3v) is 4.78. The number of nitro groups is 1. The van der Waals surface area contributed by atoms with Crippen LogP contribution in [0.25, 0.3) is 6.08 Å². The van der Waals surface area contributed by atoms with Crippen LogP contribution in [0.15, 0.2) is 36.4 Å². The monoisotopic (exact) mass is 466 g/mol. The van der Waals surface area contributed by atoms with Gasteiger partial charge >= 0.3 is 5.97 Å². The van der Waals surface area contributed by atoms with Crippen molar-refractivity contribution in [2.45, 2.75) is 6.42 Å². The number of benzene rings is 2. The summed E-state index contributed by atoms with van der Waals surface area (Å²) in [5, 5.41) is 14.4. The molecule has 0 unspecified atom stereocenters. The Labute approximate surface area is 186 Å². The van der Waals surface area contributed by atoms with Gasteiger partial charge in [0, 0.05) is 18.6 Å². The summed E-state index contributed by atoms with van der Waals surface area (Å²) in [5.74, 6) is -1.04. The van der Waals surface area contributed by atoms with Gasteiger partial charge in [-0.2, -0.15) is 0 Å². The first-order chi connectivity index (χ1) is 14.8. The van der Waals surface area contributed by atoms with Crippen molar-refractivity contribution in [3.8, 4) is 11.5 Å². The van der Waals surface area contributed by atoms with Gasteiger partial charge in [-0.25, -0.2) is 4.79 Å². The van der Waals surface area contributed by atoms with Crippen LogP contribution in [-0.4, -0.2) is 36.6 Å². The molecule has 0 atom stereocenters. The van der Waals surface area contributed by atoms with Crippen LogP contribution in [0.5, 0.6) is 11.5 Å². The van der Waals surface area contributed by atoms with E-state index in [1.807, 2.05) is 0 Å². The fraction of sp³-hybridized carbons (Fsp3) is 0.200. The molecule has 3 rings (SSSR count). The molecule has 0 radical (unpaired) electrons. The summed E-state index contributed by atoms with van der Waals surface area (Å²) in [5.41, 5.74) is 0.142. The minimum absolute atomic E-state index is 0.0957. The SMILES string of the molecule is O=C(COC(=O)/C=C/c1ccc(Cl)c(Cl)c1)Nc1cc2c(cc1[N+](=O)[O-])OCCCO2. The van der Waals surface area contributed by atoms with E-state index in [0.29, 0.717) is 35.2 Å². The Hall–Kier alpha value is -3.30. The lowest BCUT2D eigenvalue weighted by molar-refractivity contribution is -0.384. The van der Waals surface area contributed by atoms with Gasteiger partial charge in [0.05, 0.1) is 34.2 Å². The smallest absolute Gasteiger partial charge is 0.331 e. The van der Waals surface area contributed by atoms with Gasteiger partial charge in [-0.3, -0.25) is 14.9 Å². The molecule has 1 aliphatic rings. The van der Waals surface area contributed by atoms with Crippen molar-refractivity contribution in [2.75, 3.05) is 25.1 Å². The Balaban J connectivity index is 1.61. The fourth-order valence-electron chi connectivity index (χ4n) is 2.60. The topological polar surface area (TPSA) is 117 Å². The lowest BCUT2D eigenvalue weighted by atomic mass is 10.2. The van der Waals surface area contributed by atoms with Gasteiger partial charge in [0.15, 0.2) is 18.1 Å². The first-order valence-corrected chi connectivity index (χ1v) is 9.77. The molecule has 2 aromatic carbocycles. The maximum absolute atomic E-state index is 12.1. The molecular weight excluding hydrogens is 451 g/mol. The zero-order valence-electron chi connectivity index (χ0n) is 15.9. The van der Waals surface area contributed by atoms with E-state index in [-0.39, 0.29) is 22.9 Å². The van der Waals surface area contributed by atoms with Gasteiger partial charge in [0.25, 0.3) is 11.6 Å². The summed E-state index contributed by atoms with van der Waals surface area (Å²) >= 11 is 11.7. The molecule has 0 saturated heterocycles. The van der Waals surface area contributed by atoms with Crippen molar-refractivity contribution in [1.29, 1.82) is 0 Å². The number of esters is 1. The number of hydrogen-bond acceptors (Lipinski definition) is 7. The van der Waals surface area contributed by atoms with Gasteiger partial charge < -0.3 is 19.5 Å². The normalized spacial score (nSPS) is 12.8. The second-order valence-corrected chi connectivity index (χ2v) is 7.10. The highest BCUT2D eigenvalue weighted by atomic mass is 35.5. The summed E-state index contributed by atoms with van der Waals surface area (Å²) in [7, 11) is 0. The zero-order chi connectivity index (χ0) is 22.4. The predicted molar refractivity (Wildman–Crippen MR) is 114 cm³/mol. The minimum Gasteiger partial charge on any atom is -0.489 e. The third-order valence-electron chi connectivity index (χ3n) is 4.04. The Bertz CT molecular complexity index is 1060. The fourth-order valence-corrected chi connectivity index (χ4v) is 2.91. The van der Waals surface area contributed by atoms with E-state index in [4.69, 9.17) is 37.4 Å². The number of carbonyl (C=O) groups is 2. The van der Waals surface area contributed by atoms with Crippen LogP contribution in [0, 0.1) is 10.1 Å². The summed E-state index contributed by atoms with van der Waals surface area (Å²) in [6.07, 6.45) is 3.18. The molecule has 0 aromatic heterocycles. The van der Waals surface area contributed by atoms with Crippen LogP contribution >= 0.6 is 23.2 Å². The van der Waals surface area contributed by atoms with Crippen LogP contribution in [0.4, 0.5) is 11.4 Å². The molecule has 0 fully saturated rings. The van der Waals surface area contributed by atoms with E-state index < -0.39 is 23.4 Å². The molecule has 0 aliphatic carbocycles. The molecule has 1 N–H and O–H groups in total. The van der Waals surface area contributed by atoms with Crippen molar-refractivity contribution in [3.05, 3.63) is 62.1 Å². The van der Waals surface area contributed by atoms with Gasteiger partial charge in [-0.05, 0) is 23.8 Å². The molecule has 1 aliphatic heterocycles. The summed E-state index contributed by atoms with van der Waals surface area (Å²) in [6.45, 7) is 0.0959. The average molecular weight is 467 g/mol. The van der Waals surface area contributed by atoms with Crippen molar-refractivity contribution < 1.29 is 28.7 Å². The van der Waals surface area contributed by atoms with Crippen molar-refractivity contribution in [2.24, 2.45) is 0 Å².